The van der Waals surface area contributed by atoms with Crippen LogP contribution in [0, 0.1) is 19.8 Å². The van der Waals surface area contributed by atoms with Gasteiger partial charge in [0, 0.05) is 33.8 Å². The lowest BCUT2D eigenvalue weighted by Gasteiger charge is -2.19. The van der Waals surface area contributed by atoms with Gasteiger partial charge in [-0.05, 0) is 84.2 Å². The first-order chi connectivity index (χ1) is 14.8. The van der Waals surface area contributed by atoms with Crippen molar-refractivity contribution in [3.05, 3.63) is 87.6 Å². The molecule has 1 heterocycles. The van der Waals surface area contributed by atoms with Crippen LogP contribution in [-0.2, 0) is 0 Å². The molecule has 2 aromatic carbocycles. The van der Waals surface area contributed by atoms with Gasteiger partial charge in [0.15, 0.2) is 0 Å². The fourth-order valence-corrected chi connectivity index (χ4v) is 5.35. The molecule has 162 valence electrons. The second-order valence-corrected chi connectivity index (χ2v) is 10.4. The van der Waals surface area contributed by atoms with E-state index in [1.165, 1.54) is 15.3 Å². The van der Waals surface area contributed by atoms with Crippen molar-refractivity contribution < 1.29 is 4.79 Å². The van der Waals surface area contributed by atoms with E-state index in [1.54, 1.807) is 23.1 Å². The van der Waals surface area contributed by atoms with Crippen molar-refractivity contribution in [2.75, 3.05) is 13.6 Å². The highest BCUT2D eigenvalue weighted by molar-refractivity contribution is 7.99. The number of rotatable bonds is 8. The highest BCUT2D eigenvalue weighted by Crippen LogP contribution is 2.38. The summed E-state index contributed by atoms with van der Waals surface area (Å²) >= 11 is 3.47. The monoisotopic (exact) mass is 449 g/mol. The zero-order valence-electron chi connectivity index (χ0n) is 19.1. The van der Waals surface area contributed by atoms with Crippen LogP contribution in [0.5, 0.6) is 0 Å². The van der Waals surface area contributed by atoms with E-state index >= 15 is 0 Å². The number of benzene rings is 2. The molecule has 0 atom stereocenters. The second-order valence-electron chi connectivity index (χ2n) is 8.40. The number of hydrogen-bond donors (Lipinski definition) is 0. The first kappa shape index (κ1) is 23.4. The maximum absolute atomic E-state index is 12.8. The zero-order chi connectivity index (χ0) is 22.5. The molecule has 31 heavy (non-hydrogen) atoms. The van der Waals surface area contributed by atoms with Crippen molar-refractivity contribution in [3.63, 3.8) is 0 Å². The van der Waals surface area contributed by atoms with Gasteiger partial charge >= 0.3 is 0 Å². The predicted octanol–water partition coefficient (Wildman–Crippen LogP) is 7.70. The lowest BCUT2D eigenvalue weighted by atomic mass is 10.0. The molecule has 1 amide bonds. The smallest absolute Gasteiger partial charge is 0.253 e. The van der Waals surface area contributed by atoms with Gasteiger partial charge in [-0.2, -0.15) is 0 Å². The first-order valence-electron chi connectivity index (χ1n) is 10.6. The summed E-state index contributed by atoms with van der Waals surface area (Å²) in [6.45, 7) is 13.7. The Bertz CT molecular complexity index is 1080. The molecule has 0 saturated heterocycles. The largest absolute Gasteiger partial charge is 0.342 e. The third kappa shape index (κ3) is 5.69. The molecule has 0 aliphatic heterocycles. The molecule has 0 aliphatic carbocycles. The van der Waals surface area contributed by atoms with Crippen LogP contribution < -0.4 is 0 Å². The van der Waals surface area contributed by atoms with E-state index in [-0.39, 0.29) is 5.91 Å². The molecule has 0 aliphatic rings. The van der Waals surface area contributed by atoms with Gasteiger partial charge in [-0.15, -0.1) is 11.3 Å². The summed E-state index contributed by atoms with van der Waals surface area (Å²) in [6.07, 6.45) is 1.01. The highest BCUT2D eigenvalue weighted by atomic mass is 32.2. The average molecular weight is 450 g/mol. The average Bonchev–Trinajstić information content (AvgIpc) is 3.18. The number of nitrogens with zero attached hydrogens (tertiary/aromatic N) is 1. The van der Waals surface area contributed by atoms with E-state index in [2.05, 4.69) is 76.1 Å². The standard InChI is InChI=1S/C27H31NOS2/c1-18(2)13-15-28(6)27(29)22-11-12-24(20(4)17-22)31-25-10-8-7-9-23(25)21(5)26-19(3)14-16-30-26/h7-12,14,16-18H,5,13,15H2,1-4,6H3. The quantitative estimate of drug-likeness (QED) is 0.351. The Morgan fingerprint density at radius 1 is 1.06 bits per heavy atom. The van der Waals surface area contributed by atoms with Crippen molar-refractivity contribution in [2.24, 2.45) is 5.92 Å². The van der Waals surface area contributed by atoms with Crippen molar-refractivity contribution in [2.45, 2.75) is 43.9 Å². The molecule has 0 spiro atoms. The number of amides is 1. The maximum Gasteiger partial charge on any atom is 0.253 e. The summed E-state index contributed by atoms with van der Waals surface area (Å²) in [5.74, 6) is 0.672. The molecule has 0 unspecified atom stereocenters. The third-order valence-electron chi connectivity index (χ3n) is 5.38. The minimum Gasteiger partial charge on any atom is -0.342 e. The molecular weight excluding hydrogens is 418 g/mol. The molecule has 3 aromatic rings. The van der Waals surface area contributed by atoms with Gasteiger partial charge in [-0.25, -0.2) is 0 Å². The predicted molar refractivity (Wildman–Crippen MR) is 135 cm³/mol. The third-order valence-corrected chi connectivity index (χ3v) is 7.71. The number of carbonyl (C=O) groups is 1. The van der Waals surface area contributed by atoms with Gasteiger partial charge in [0.1, 0.15) is 0 Å². The lowest BCUT2D eigenvalue weighted by molar-refractivity contribution is 0.0789. The summed E-state index contributed by atoms with van der Waals surface area (Å²) in [5.41, 5.74) is 5.34. The number of thiophene rings is 1. The van der Waals surface area contributed by atoms with Gasteiger partial charge in [0.2, 0.25) is 0 Å². The second kappa shape index (κ2) is 10.3. The lowest BCUT2D eigenvalue weighted by Crippen LogP contribution is -2.28. The molecule has 1 aromatic heterocycles. The highest BCUT2D eigenvalue weighted by Gasteiger charge is 2.16. The topological polar surface area (TPSA) is 20.3 Å². The summed E-state index contributed by atoms with van der Waals surface area (Å²) in [4.78, 5) is 18.2. The molecule has 4 heteroatoms. The molecular formula is C27H31NOS2. The minimum absolute atomic E-state index is 0.0854. The number of hydrogen-bond acceptors (Lipinski definition) is 3. The summed E-state index contributed by atoms with van der Waals surface area (Å²) in [5, 5.41) is 2.11. The van der Waals surface area contributed by atoms with Crippen LogP contribution in [0.15, 0.2) is 70.3 Å². The molecule has 0 bridgehead atoms. The fourth-order valence-electron chi connectivity index (χ4n) is 3.40. The number of carbonyl (C=O) groups excluding carboxylic acids is 1. The van der Waals surface area contributed by atoms with Crippen LogP contribution in [0.3, 0.4) is 0 Å². The van der Waals surface area contributed by atoms with Crippen molar-refractivity contribution in [3.8, 4) is 0 Å². The van der Waals surface area contributed by atoms with E-state index < -0.39 is 0 Å². The Kier molecular flexibility index (Phi) is 7.79. The molecule has 3 rings (SSSR count). The van der Waals surface area contributed by atoms with Gasteiger partial charge in [-0.1, -0.05) is 50.4 Å². The van der Waals surface area contributed by atoms with Gasteiger partial charge in [-0.3, -0.25) is 4.79 Å². The summed E-state index contributed by atoms with van der Waals surface area (Å²) in [7, 11) is 1.89. The van der Waals surface area contributed by atoms with Crippen molar-refractivity contribution >= 4 is 34.6 Å². The SMILES string of the molecule is C=C(c1ccccc1Sc1ccc(C(=O)N(C)CCC(C)C)cc1C)c1sccc1C. The fraction of sp³-hybridized carbons (Fsp3) is 0.296. The Morgan fingerprint density at radius 2 is 1.81 bits per heavy atom. The Hall–Kier alpha value is -2.30. The van der Waals surface area contributed by atoms with E-state index in [4.69, 9.17) is 0 Å². The van der Waals surface area contributed by atoms with Crippen molar-refractivity contribution in [1.29, 1.82) is 0 Å². The van der Waals surface area contributed by atoms with E-state index in [0.29, 0.717) is 5.92 Å². The molecule has 0 N–H and O–H groups in total. The molecule has 0 radical (unpaired) electrons. The Balaban J connectivity index is 1.81. The Labute approximate surface area is 195 Å². The van der Waals surface area contributed by atoms with Crippen LogP contribution >= 0.6 is 23.1 Å². The van der Waals surface area contributed by atoms with E-state index in [0.717, 1.165) is 40.1 Å². The van der Waals surface area contributed by atoms with Crippen LogP contribution in [0.2, 0.25) is 0 Å². The molecule has 0 fully saturated rings. The van der Waals surface area contributed by atoms with Crippen molar-refractivity contribution in [1.82, 2.24) is 4.90 Å². The molecule has 2 nitrogen and oxygen atoms in total. The van der Waals surface area contributed by atoms with Crippen LogP contribution in [0.25, 0.3) is 5.57 Å². The minimum atomic E-state index is 0.0854. The molecule has 0 saturated carbocycles. The summed E-state index contributed by atoms with van der Waals surface area (Å²) in [6, 6.07) is 16.6. The van der Waals surface area contributed by atoms with Crippen LogP contribution in [-0.4, -0.2) is 24.4 Å². The van der Waals surface area contributed by atoms with E-state index in [9.17, 15) is 4.79 Å². The normalized spacial score (nSPS) is 11.0. The zero-order valence-corrected chi connectivity index (χ0v) is 20.7. The Morgan fingerprint density at radius 3 is 2.45 bits per heavy atom. The van der Waals surface area contributed by atoms with Gasteiger partial charge < -0.3 is 4.90 Å². The van der Waals surface area contributed by atoms with Crippen LogP contribution in [0.4, 0.5) is 0 Å². The number of aryl methyl sites for hydroxylation is 2. The maximum atomic E-state index is 12.8. The van der Waals surface area contributed by atoms with E-state index in [1.807, 2.05) is 24.1 Å². The van der Waals surface area contributed by atoms with Gasteiger partial charge in [0.05, 0.1) is 0 Å². The van der Waals surface area contributed by atoms with Crippen LogP contribution in [0.1, 0.15) is 52.2 Å². The first-order valence-corrected chi connectivity index (χ1v) is 12.3. The summed E-state index contributed by atoms with van der Waals surface area (Å²) < 4.78 is 0. The van der Waals surface area contributed by atoms with Gasteiger partial charge in [0.25, 0.3) is 5.91 Å².